The predicted octanol–water partition coefficient (Wildman–Crippen LogP) is 4.75. The maximum atomic E-state index is 12.8. The van der Waals surface area contributed by atoms with Crippen LogP contribution in [0.2, 0.25) is 0 Å². The van der Waals surface area contributed by atoms with Crippen LogP contribution in [0.5, 0.6) is 0 Å². The lowest BCUT2D eigenvalue weighted by molar-refractivity contribution is 0.102. The Morgan fingerprint density at radius 3 is 2.81 bits per heavy atom. The highest BCUT2D eigenvalue weighted by Crippen LogP contribution is 2.28. The first kappa shape index (κ1) is 17.6. The number of aryl methyl sites for hydroxylation is 2. The molecule has 0 aliphatic carbocycles. The molecule has 0 unspecified atom stereocenters. The Balaban J connectivity index is 1.65. The standard InChI is InChI=1S/C20H21N5OS/c1-5-13-6-7-16-17(8-13)27-20(23-16)24-19(26)15-9-14-10-21-25(11(2)3)18(14)22-12(15)4/h6-11H,5H2,1-4H3,(H,23,24,26). The fraction of sp³-hybridized carbons (Fsp3) is 0.300. The second-order valence-electron chi connectivity index (χ2n) is 6.85. The normalized spacial score (nSPS) is 11.6. The number of carbonyl (C=O) groups is 1. The van der Waals surface area contributed by atoms with Crippen molar-refractivity contribution in [1.29, 1.82) is 0 Å². The summed E-state index contributed by atoms with van der Waals surface area (Å²) in [4.78, 5) is 21.9. The van der Waals surface area contributed by atoms with E-state index in [1.54, 1.807) is 6.20 Å². The Kier molecular flexibility index (Phi) is 4.39. The van der Waals surface area contributed by atoms with Crippen molar-refractivity contribution in [2.75, 3.05) is 5.32 Å². The molecule has 27 heavy (non-hydrogen) atoms. The van der Waals surface area contributed by atoms with Crippen LogP contribution in [0.4, 0.5) is 5.13 Å². The number of rotatable bonds is 4. The number of nitrogens with zero attached hydrogens (tertiary/aromatic N) is 4. The second kappa shape index (κ2) is 6.74. The molecule has 3 aromatic heterocycles. The SMILES string of the molecule is CCc1ccc2nc(NC(=O)c3cc4cnn(C(C)C)c4nc3C)sc2c1. The number of amides is 1. The highest BCUT2D eigenvalue weighted by Gasteiger charge is 2.17. The number of benzene rings is 1. The molecule has 0 spiro atoms. The van der Waals surface area contributed by atoms with Gasteiger partial charge in [0.2, 0.25) is 0 Å². The maximum absolute atomic E-state index is 12.8. The average Bonchev–Trinajstić information content (AvgIpc) is 3.22. The van der Waals surface area contributed by atoms with E-state index in [-0.39, 0.29) is 11.9 Å². The molecule has 138 valence electrons. The summed E-state index contributed by atoms with van der Waals surface area (Å²) in [5.41, 5.74) is 4.18. The predicted molar refractivity (Wildman–Crippen MR) is 110 cm³/mol. The van der Waals surface area contributed by atoms with Gasteiger partial charge in [0, 0.05) is 11.4 Å². The van der Waals surface area contributed by atoms with Gasteiger partial charge in [0.15, 0.2) is 10.8 Å². The second-order valence-corrected chi connectivity index (χ2v) is 7.88. The highest BCUT2D eigenvalue weighted by atomic mass is 32.1. The number of pyridine rings is 1. The third kappa shape index (κ3) is 3.19. The molecule has 0 saturated heterocycles. The first-order valence-electron chi connectivity index (χ1n) is 9.02. The Morgan fingerprint density at radius 1 is 1.26 bits per heavy atom. The quantitative estimate of drug-likeness (QED) is 0.556. The molecular weight excluding hydrogens is 358 g/mol. The summed E-state index contributed by atoms with van der Waals surface area (Å²) in [6.07, 6.45) is 2.73. The fourth-order valence-corrected chi connectivity index (χ4v) is 4.00. The molecule has 0 atom stereocenters. The van der Waals surface area contributed by atoms with Crippen LogP contribution in [0.15, 0.2) is 30.5 Å². The van der Waals surface area contributed by atoms with Crippen molar-refractivity contribution in [2.24, 2.45) is 0 Å². The van der Waals surface area contributed by atoms with Crippen LogP contribution < -0.4 is 5.32 Å². The maximum Gasteiger partial charge on any atom is 0.259 e. The molecule has 7 heteroatoms. The minimum atomic E-state index is -0.200. The van der Waals surface area contributed by atoms with Gasteiger partial charge in [-0.15, -0.1) is 0 Å². The third-order valence-corrected chi connectivity index (χ3v) is 5.51. The van der Waals surface area contributed by atoms with Gasteiger partial charge in [-0.05, 0) is 51.0 Å². The minimum Gasteiger partial charge on any atom is -0.298 e. The van der Waals surface area contributed by atoms with Gasteiger partial charge in [-0.1, -0.05) is 24.3 Å². The summed E-state index contributed by atoms with van der Waals surface area (Å²) in [6.45, 7) is 8.08. The summed E-state index contributed by atoms with van der Waals surface area (Å²) < 4.78 is 2.94. The molecule has 0 aliphatic heterocycles. The van der Waals surface area contributed by atoms with Gasteiger partial charge in [0.1, 0.15) is 0 Å². The molecule has 0 radical (unpaired) electrons. The molecular formula is C20H21N5OS. The van der Waals surface area contributed by atoms with Crippen molar-refractivity contribution in [3.05, 3.63) is 47.3 Å². The Labute approximate surface area is 161 Å². The lowest BCUT2D eigenvalue weighted by Crippen LogP contribution is -2.14. The van der Waals surface area contributed by atoms with Gasteiger partial charge in [-0.3, -0.25) is 10.1 Å². The number of carbonyl (C=O) groups excluding carboxylic acids is 1. The molecule has 1 N–H and O–H groups in total. The van der Waals surface area contributed by atoms with E-state index in [2.05, 4.69) is 53.3 Å². The molecule has 1 aromatic carbocycles. The van der Waals surface area contributed by atoms with E-state index in [1.165, 1.54) is 16.9 Å². The smallest absolute Gasteiger partial charge is 0.259 e. The van der Waals surface area contributed by atoms with Crippen LogP contribution in [0, 0.1) is 6.92 Å². The number of thiazole rings is 1. The van der Waals surface area contributed by atoms with Crippen molar-refractivity contribution in [1.82, 2.24) is 19.7 Å². The van der Waals surface area contributed by atoms with Crippen molar-refractivity contribution in [3.8, 4) is 0 Å². The molecule has 3 heterocycles. The number of hydrogen-bond acceptors (Lipinski definition) is 5. The lowest BCUT2D eigenvalue weighted by Gasteiger charge is -2.09. The summed E-state index contributed by atoms with van der Waals surface area (Å²) in [7, 11) is 0. The molecule has 4 rings (SSSR count). The van der Waals surface area contributed by atoms with Crippen LogP contribution in [0.25, 0.3) is 21.3 Å². The number of aromatic nitrogens is 4. The van der Waals surface area contributed by atoms with E-state index in [1.807, 2.05) is 23.7 Å². The Hall–Kier alpha value is -2.80. The largest absolute Gasteiger partial charge is 0.298 e. The van der Waals surface area contributed by atoms with Crippen LogP contribution >= 0.6 is 11.3 Å². The van der Waals surface area contributed by atoms with E-state index in [0.29, 0.717) is 16.4 Å². The van der Waals surface area contributed by atoms with Crippen molar-refractivity contribution in [3.63, 3.8) is 0 Å². The molecule has 0 saturated carbocycles. The zero-order valence-electron chi connectivity index (χ0n) is 15.8. The van der Waals surface area contributed by atoms with Gasteiger partial charge in [0.05, 0.1) is 27.7 Å². The van der Waals surface area contributed by atoms with E-state index in [0.717, 1.165) is 27.7 Å². The summed E-state index contributed by atoms with van der Waals surface area (Å²) in [5.74, 6) is -0.200. The average molecular weight is 379 g/mol. The molecule has 0 fully saturated rings. The Morgan fingerprint density at radius 2 is 2.07 bits per heavy atom. The lowest BCUT2D eigenvalue weighted by atomic mass is 10.1. The molecule has 0 aliphatic rings. The van der Waals surface area contributed by atoms with Crippen molar-refractivity contribution < 1.29 is 4.79 Å². The number of anilines is 1. The van der Waals surface area contributed by atoms with Gasteiger partial charge in [-0.25, -0.2) is 14.6 Å². The molecule has 0 bridgehead atoms. The number of fused-ring (bicyclic) bond motifs is 2. The van der Waals surface area contributed by atoms with Crippen molar-refractivity contribution in [2.45, 2.75) is 40.2 Å². The van der Waals surface area contributed by atoms with Crippen LogP contribution in [-0.4, -0.2) is 25.7 Å². The molecule has 6 nitrogen and oxygen atoms in total. The molecule has 1 amide bonds. The minimum absolute atomic E-state index is 0.200. The Bertz CT molecular complexity index is 1160. The number of nitrogens with one attached hydrogen (secondary N) is 1. The van der Waals surface area contributed by atoms with Crippen LogP contribution in [0.3, 0.4) is 0 Å². The van der Waals surface area contributed by atoms with E-state index in [4.69, 9.17) is 0 Å². The van der Waals surface area contributed by atoms with E-state index < -0.39 is 0 Å². The summed E-state index contributed by atoms with van der Waals surface area (Å²) in [6, 6.07) is 8.26. The zero-order chi connectivity index (χ0) is 19.1. The number of hydrogen-bond donors (Lipinski definition) is 1. The summed E-state index contributed by atoms with van der Waals surface area (Å²) in [5, 5.41) is 8.75. The van der Waals surface area contributed by atoms with E-state index in [9.17, 15) is 4.79 Å². The summed E-state index contributed by atoms with van der Waals surface area (Å²) >= 11 is 1.49. The van der Waals surface area contributed by atoms with Gasteiger partial charge in [-0.2, -0.15) is 5.10 Å². The van der Waals surface area contributed by atoms with Crippen molar-refractivity contribution >= 4 is 43.6 Å². The third-order valence-electron chi connectivity index (χ3n) is 4.57. The highest BCUT2D eigenvalue weighted by molar-refractivity contribution is 7.22. The van der Waals surface area contributed by atoms with Gasteiger partial charge < -0.3 is 0 Å². The molecule has 4 aromatic rings. The van der Waals surface area contributed by atoms with Gasteiger partial charge in [0.25, 0.3) is 5.91 Å². The van der Waals surface area contributed by atoms with E-state index >= 15 is 0 Å². The first-order chi connectivity index (χ1) is 13.0. The first-order valence-corrected chi connectivity index (χ1v) is 9.83. The topological polar surface area (TPSA) is 72.7 Å². The van der Waals surface area contributed by atoms with Crippen LogP contribution in [-0.2, 0) is 6.42 Å². The monoisotopic (exact) mass is 379 g/mol. The van der Waals surface area contributed by atoms with Crippen LogP contribution in [0.1, 0.15) is 48.4 Å². The fourth-order valence-electron chi connectivity index (χ4n) is 3.08. The zero-order valence-corrected chi connectivity index (χ0v) is 16.6. The van der Waals surface area contributed by atoms with Gasteiger partial charge >= 0.3 is 0 Å².